The van der Waals surface area contributed by atoms with Gasteiger partial charge in [-0.05, 0) is 18.6 Å². The van der Waals surface area contributed by atoms with E-state index in [4.69, 9.17) is 5.11 Å². The van der Waals surface area contributed by atoms with E-state index < -0.39 is 12.4 Å². The first-order chi connectivity index (χ1) is 5.16. The van der Waals surface area contributed by atoms with Crippen LogP contribution in [0.15, 0.2) is 12.1 Å². The molecule has 0 bridgehead atoms. The summed E-state index contributed by atoms with van der Waals surface area (Å²) in [6.07, 6.45) is 0. The van der Waals surface area contributed by atoms with Gasteiger partial charge in [0.05, 0.1) is 12.2 Å². The van der Waals surface area contributed by atoms with E-state index in [0.29, 0.717) is 5.56 Å². The lowest BCUT2D eigenvalue weighted by molar-refractivity contribution is 0.268. The molecule has 60 valence electrons. The Morgan fingerprint density at radius 3 is 2.55 bits per heavy atom. The zero-order chi connectivity index (χ0) is 8.43. The highest BCUT2D eigenvalue weighted by Gasteiger charge is 2.08. The summed E-state index contributed by atoms with van der Waals surface area (Å²) < 4.78 is 12.7. The summed E-state index contributed by atoms with van der Waals surface area (Å²) in [4.78, 5) is 0. The van der Waals surface area contributed by atoms with E-state index in [1.165, 1.54) is 12.1 Å². The smallest absolute Gasteiger partial charge is 0.132 e. The highest BCUT2D eigenvalue weighted by molar-refractivity contribution is 5.39. The van der Waals surface area contributed by atoms with Crippen LogP contribution in [0.5, 0.6) is 5.75 Å². The van der Waals surface area contributed by atoms with Crippen LogP contribution in [0.25, 0.3) is 0 Å². The molecule has 0 fully saturated rings. The second-order valence-electron chi connectivity index (χ2n) is 2.35. The van der Waals surface area contributed by atoms with E-state index in [9.17, 15) is 9.50 Å². The molecule has 0 unspecified atom stereocenters. The van der Waals surface area contributed by atoms with Crippen molar-refractivity contribution in [2.24, 2.45) is 0 Å². The third-order valence-electron chi connectivity index (χ3n) is 1.59. The summed E-state index contributed by atoms with van der Waals surface area (Å²) in [5.74, 6) is -0.733. The largest absolute Gasteiger partial charge is 0.507 e. The van der Waals surface area contributed by atoms with Gasteiger partial charge < -0.3 is 10.2 Å². The Hall–Kier alpha value is -1.09. The molecule has 0 radical (unpaired) electrons. The molecule has 11 heavy (non-hydrogen) atoms. The molecular formula is C8H9FO2. The molecule has 2 N–H and O–H groups in total. The van der Waals surface area contributed by atoms with Gasteiger partial charge in [-0.15, -0.1) is 0 Å². The molecule has 0 aliphatic heterocycles. The van der Waals surface area contributed by atoms with E-state index in [1.807, 2.05) is 0 Å². The fourth-order valence-electron chi connectivity index (χ4n) is 0.879. The van der Waals surface area contributed by atoms with Crippen molar-refractivity contribution in [1.29, 1.82) is 0 Å². The number of aliphatic hydroxyl groups excluding tert-OH is 1. The van der Waals surface area contributed by atoms with Crippen molar-refractivity contribution in [3.63, 3.8) is 0 Å². The first-order valence-corrected chi connectivity index (χ1v) is 3.24. The summed E-state index contributed by atoms with van der Waals surface area (Å²) in [5.41, 5.74) is 0.528. The highest BCUT2D eigenvalue weighted by atomic mass is 19.1. The molecule has 0 saturated heterocycles. The van der Waals surface area contributed by atoms with Gasteiger partial charge in [-0.3, -0.25) is 0 Å². The number of phenols is 1. The zero-order valence-electron chi connectivity index (χ0n) is 6.13. The second-order valence-corrected chi connectivity index (χ2v) is 2.35. The minimum atomic E-state index is -0.574. The van der Waals surface area contributed by atoms with Gasteiger partial charge in [0.15, 0.2) is 0 Å². The molecular weight excluding hydrogens is 147 g/mol. The Kier molecular flexibility index (Phi) is 2.10. The van der Waals surface area contributed by atoms with Gasteiger partial charge in [-0.1, -0.05) is 6.07 Å². The number of aryl methyl sites for hydroxylation is 1. The summed E-state index contributed by atoms with van der Waals surface area (Å²) >= 11 is 0. The Morgan fingerprint density at radius 1 is 1.45 bits per heavy atom. The van der Waals surface area contributed by atoms with Crippen molar-refractivity contribution in [2.45, 2.75) is 13.5 Å². The lowest BCUT2D eigenvalue weighted by atomic mass is 10.1. The minimum absolute atomic E-state index is 0.0370. The van der Waals surface area contributed by atoms with Gasteiger partial charge in [0.1, 0.15) is 11.6 Å². The van der Waals surface area contributed by atoms with Crippen LogP contribution in [0, 0.1) is 12.7 Å². The molecule has 1 aromatic carbocycles. The molecule has 1 aromatic rings. The number of rotatable bonds is 1. The van der Waals surface area contributed by atoms with E-state index in [2.05, 4.69) is 0 Å². The summed E-state index contributed by atoms with van der Waals surface area (Å²) in [5, 5.41) is 17.8. The van der Waals surface area contributed by atoms with E-state index >= 15 is 0 Å². The standard InChI is InChI=1S/C8H9FO2/c1-5-2-3-7(9)6(4-10)8(5)11/h2-3,10-11H,4H2,1H3. The van der Waals surface area contributed by atoms with Crippen LogP contribution in [0.3, 0.4) is 0 Å². The Labute approximate surface area is 63.9 Å². The first-order valence-electron chi connectivity index (χ1n) is 3.24. The van der Waals surface area contributed by atoms with Gasteiger partial charge in [0.2, 0.25) is 0 Å². The summed E-state index contributed by atoms with van der Waals surface area (Å²) in [6, 6.07) is 2.68. The topological polar surface area (TPSA) is 40.5 Å². The fourth-order valence-corrected chi connectivity index (χ4v) is 0.879. The quantitative estimate of drug-likeness (QED) is 0.644. The first kappa shape index (κ1) is 8.01. The van der Waals surface area contributed by atoms with Crippen LogP contribution in [0.1, 0.15) is 11.1 Å². The van der Waals surface area contributed by atoms with E-state index in [0.717, 1.165) is 0 Å². The van der Waals surface area contributed by atoms with Crippen molar-refractivity contribution >= 4 is 0 Å². The van der Waals surface area contributed by atoms with Crippen LogP contribution in [0.2, 0.25) is 0 Å². The number of hydrogen-bond donors (Lipinski definition) is 2. The maximum atomic E-state index is 12.7. The summed E-state index contributed by atoms with van der Waals surface area (Å²) in [6.45, 7) is 1.17. The second kappa shape index (κ2) is 2.88. The van der Waals surface area contributed by atoms with Crippen molar-refractivity contribution in [1.82, 2.24) is 0 Å². The van der Waals surface area contributed by atoms with Gasteiger partial charge in [0.25, 0.3) is 0 Å². The molecule has 0 heterocycles. The Bertz CT molecular complexity index is 271. The number of aromatic hydroxyl groups is 1. The van der Waals surface area contributed by atoms with Crippen LogP contribution >= 0.6 is 0 Å². The summed E-state index contributed by atoms with van der Waals surface area (Å²) in [7, 11) is 0. The third-order valence-corrected chi connectivity index (χ3v) is 1.59. The van der Waals surface area contributed by atoms with Crippen molar-refractivity contribution in [2.75, 3.05) is 0 Å². The molecule has 0 spiro atoms. The average Bonchev–Trinajstić information content (AvgIpc) is 1.99. The molecule has 0 aromatic heterocycles. The van der Waals surface area contributed by atoms with Gasteiger partial charge in [0, 0.05) is 0 Å². The Balaban J connectivity index is 3.29. The number of hydrogen-bond acceptors (Lipinski definition) is 2. The number of aliphatic hydroxyl groups is 1. The van der Waals surface area contributed by atoms with Crippen molar-refractivity contribution < 1.29 is 14.6 Å². The molecule has 0 amide bonds. The van der Waals surface area contributed by atoms with E-state index in [-0.39, 0.29) is 11.3 Å². The van der Waals surface area contributed by atoms with Crippen LogP contribution in [-0.2, 0) is 6.61 Å². The van der Waals surface area contributed by atoms with Gasteiger partial charge >= 0.3 is 0 Å². The number of benzene rings is 1. The lowest BCUT2D eigenvalue weighted by Gasteiger charge is -2.04. The predicted molar refractivity (Wildman–Crippen MR) is 38.7 cm³/mol. The molecule has 0 saturated carbocycles. The maximum Gasteiger partial charge on any atom is 0.132 e. The maximum absolute atomic E-state index is 12.7. The fraction of sp³-hybridized carbons (Fsp3) is 0.250. The average molecular weight is 156 g/mol. The molecule has 2 nitrogen and oxygen atoms in total. The van der Waals surface area contributed by atoms with Crippen LogP contribution < -0.4 is 0 Å². The molecule has 3 heteroatoms. The predicted octanol–water partition coefficient (Wildman–Crippen LogP) is 1.33. The van der Waals surface area contributed by atoms with Gasteiger partial charge in [-0.2, -0.15) is 0 Å². The third kappa shape index (κ3) is 1.33. The van der Waals surface area contributed by atoms with Crippen LogP contribution in [0.4, 0.5) is 4.39 Å². The molecule has 0 atom stereocenters. The lowest BCUT2D eigenvalue weighted by Crippen LogP contribution is -1.91. The Morgan fingerprint density at radius 2 is 2.09 bits per heavy atom. The van der Waals surface area contributed by atoms with Crippen molar-refractivity contribution in [3.05, 3.63) is 29.1 Å². The molecule has 0 aliphatic carbocycles. The van der Waals surface area contributed by atoms with Crippen molar-refractivity contribution in [3.8, 4) is 5.75 Å². The molecule has 0 aliphatic rings. The van der Waals surface area contributed by atoms with Gasteiger partial charge in [-0.25, -0.2) is 4.39 Å². The van der Waals surface area contributed by atoms with E-state index in [1.54, 1.807) is 6.92 Å². The SMILES string of the molecule is Cc1ccc(F)c(CO)c1O. The molecule has 1 rings (SSSR count). The zero-order valence-corrected chi connectivity index (χ0v) is 6.13. The minimum Gasteiger partial charge on any atom is -0.507 e. The number of halogens is 1. The normalized spacial score (nSPS) is 10.1. The highest BCUT2D eigenvalue weighted by Crippen LogP contribution is 2.23. The monoisotopic (exact) mass is 156 g/mol. The van der Waals surface area contributed by atoms with Crippen LogP contribution in [-0.4, -0.2) is 10.2 Å².